The number of hydrogen-bond donors (Lipinski definition) is 2. The summed E-state index contributed by atoms with van der Waals surface area (Å²) in [5.41, 5.74) is 6.97. The van der Waals surface area contributed by atoms with Gasteiger partial charge in [-0.15, -0.1) is 0 Å². The van der Waals surface area contributed by atoms with Gasteiger partial charge in [-0.2, -0.15) is 0 Å². The van der Waals surface area contributed by atoms with Crippen LogP contribution in [0.5, 0.6) is 0 Å². The van der Waals surface area contributed by atoms with E-state index in [-0.39, 0.29) is 5.91 Å². The molecule has 1 amide bonds. The van der Waals surface area contributed by atoms with E-state index in [1.54, 1.807) is 0 Å². The predicted molar refractivity (Wildman–Crippen MR) is 54.5 cm³/mol. The van der Waals surface area contributed by atoms with E-state index in [1.165, 1.54) is 12.5 Å². The maximum Gasteiger partial charge on any atom is 0.230 e. The smallest absolute Gasteiger partial charge is 0.230 e. The summed E-state index contributed by atoms with van der Waals surface area (Å²) in [6.45, 7) is 1.51. The fraction of sp³-hybridized carbons (Fsp3) is 0.364. The summed E-state index contributed by atoms with van der Waals surface area (Å²) < 4.78 is 0. The van der Waals surface area contributed by atoms with Crippen LogP contribution in [-0.4, -0.2) is 11.9 Å². The maximum absolute atomic E-state index is 10.6. The molecular formula is C11H14N2O. The van der Waals surface area contributed by atoms with Crippen LogP contribution < -0.4 is 10.9 Å². The topological polar surface area (TPSA) is 41.1 Å². The van der Waals surface area contributed by atoms with Crippen molar-refractivity contribution in [2.75, 3.05) is 0 Å². The molecule has 0 aromatic heterocycles. The molecule has 2 rings (SSSR count). The van der Waals surface area contributed by atoms with Crippen LogP contribution in [0.15, 0.2) is 30.3 Å². The van der Waals surface area contributed by atoms with Crippen LogP contribution >= 0.6 is 0 Å². The molecule has 0 bridgehead atoms. The highest BCUT2D eigenvalue weighted by atomic mass is 16.2. The third-order valence-corrected chi connectivity index (χ3v) is 2.45. The minimum Gasteiger partial charge on any atom is -0.292 e. The molecule has 3 nitrogen and oxygen atoms in total. The lowest BCUT2D eigenvalue weighted by Crippen LogP contribution is -2.37. The molecule has 1 aliphatic carbocycles. The Morgan fingerprint density at radius 1 is 1.36 bits per heavy atom. The Morgan fingerprint density at radius 3 is 2.71 bits per heavy atom. The molecule has 0 heterocycles. The van der Waals surface area contributed by atoms with E-state index in [0.717, 1.165) is 6.42 Å². The molecule has 0 aliphatic heterocycles. The Hall–Kier alpha value is -1.35. The summed E-state index contributed by atoms with van der Waals surface area (Å²) in [6, 6.07) is 10.8. The minimum atomic E-state index is -0.0382. The standard InChI is InChI=1S/C11H14N2O/c1-8(14)12-13-11-7-10(11)9-5-3-2-4-6-9/h2-6,10-11,13H,7H2,1H3,(H,12,14)/t10-,11+/m0/s1. The molecule has 1 aliphatic rings. The zero-order valence-corrected chi connectivity index (χ0v) is 8.16. The summed E-state index contributed by atoms with van der Waals surface area (Å²) in [4.78, 5) is 10.6. The second-order valence-corrected chi connectivity index (χ2v) is 3.68. The SMILES string of the molecule is CC(=O)NN[C@@H]1C[C@H]1c1ccccc1. The van der Waals surface area contributed by atoms with E-state index in [1.807, 2.05) is 18.2 Å². The number of carbonyl (C=O) groups excluding carboxylic acids is 1. The van der Waals surface area contributed by atoms with Crippen molar-refractivity contribution < 1.29 is 4.79 Å². The van der Waals surface area contributed by atoms with Gasteiger partial charge < -0.3 is 0 Å². The average Bonchev–Trinajstić information content (AvgIpc) is 2.95. The van der Waals surface area contributed by atoms with Gasteiger partial charge in [0.15, 0.2) is 0 Å². The predicted octanol–water partition coefficient (Wildman–Crippen LogP) is 1.18. The molecule has 0 radical (unpaired) electrons. The van der Waals surface area contributed by atoms with Crippen LogP contribution in [0.3, 0.4) is 0 Å². The highest BCUT2D eigenvalue weighted by Gasteiger charge is 2.38. The van der Waals surface area contributed by atoms with Gasteiger partial charge in [0.2, 0.25) is 5.91 Å². The number of carbonyl (C=O) groups is 1. The summed E-state index contributed by atoms with van der Waals surface area (Å²) >= 11 is 0. The van der Waals surface area contributed by atoms with Crippen molar-refractivity contribution in [3.8, 4) is 0 Å². The van der Waals surface area contributed by atoms with Gasteiger partial charge in [0.1, 0.15) is 0 Å². The van der Waals surface area contributed by atoms with Crippen molar-refractivity contribution in [1.82, 2.24) is 10.9 Å². The molecule has 1 fully saturated rings. The number of amides is 1. The Balaban J connectivity index is 1.85. The van der Waals surface area contributed by atoms with Crippen molar-refractivity contribution in [2.45, 2.75) is 25.3 Å². The van der Waals surface area contributed by atoms with E-state index in [0.29, 0.717) is 12.0 Å². The van der Waals surface area contributed by atoms with Crippen LogP contribution in [0.2, 0.25) is 0 Å². The molecule has 74 valence electrons. The van der Waals surface area contributed by atoms with Crippen LogP contribution in [0.1, 0.15) is 24.8 Å². The van der Waals surface area contributed by atoms with E-state index in [9.17, 15) is 4.79 Å². The summed E-state index contributed by atoms with van der Waals surface area (Å²) in [6.07, 6.45) is 1.10. The first-order valence-corrected chi connectivity index (χ1v) is 4.84. The first-order valence-electron chi connectivity index (χ1n) is 4.84. The van der Waals surface area contributed by atoms with Gasteiger partial charge in [0, 0.05) is 18.9 Å². The number of hydrazine groups is 1. The lowest BCUT2D eigenvalue weighted by atomic mass is 10.1. The first kappa shape index (κ1) is 9.21. The maximum atomic E-state index is 10.6. The molecule has 2 N–H and O–H groups in total. The Kier molecular flexibility index (Phi) is 2.50. The van der Waals surface area contributed by atoms with Crippen LogP contribution in [0.4, 0.5) is 0 Å². The molecule has 1 aromatic rings. The molecule has 0 saturated heterocycles. The fourth-order valence-corrected chi connectivity index (χ4v) is 1.62. The molecule has 2 atom stereocenters. The average molecular weight is 190 g/mol. The van der Waals surface area contributed by atoms with Gasteiger partial charge in [-0.3, -0.25) is 10.2 Å². The lowest BCUT2D eigenvalue weighted by molar-refractivity contribution is -0.120. The van der Waals surface area contributed by atoms with Gasteiger partial charge >= 0.3 is 0 Å². The normalized spacial score (nSPS) is 24.4. The molecule has 14 heavy (non-hydrogen) atoms. The van der Waals surface area contributed by atoms with Crippen LogP contribution in [0, 0.1) is 0 Å². The highest BCUT2D eigenvalue weighted by molar-refractivity contribution is 5.72. The quantitative estimate of drug-likeness (QED) is 0.703. The number of benzene rings is 1. The highest BCUT2D eigenvalue weighted by Crippen LogP contribution is 2.40. The van der Waals surface area contributed by atoms with Crippen molar-refractivity contribution >= 4 is 5.91 Å². The lowest BCUT2D eigenvalue weighted by Gasteiger charge is -2.03. The van der Waals surface area contributed by atoms with Crippen molar-refractivity contribution in [2.24, 2.45) is 0 Å². The van der Waals surface area contributed by atoms with E-state index >= 15 is 0 Å². The second-order valence-electron chi connectivity index (χ2n) is 3.68. The van der Waals surface area contributed by atoms with Gasteiger partial charge in [0.05, 0.1) is 0 Å². The van der Waals surface area contributed by atoms with Gasteiger partial charge in [-0.25, -0.2) is 5.43 Å². The van der Waals surface area contributed by atoms with Crippen LogP contribution in [0.25, 0.3) is 0 Å². The zero-order valence-electron chi connectivity index (χ0n) is 8.16. The number of rotatable bonds is 3. The summed E-state index contributed by atoms with van der Waals surface area (Å²) in [5, 5.41) is 0. The van der Waals surface area contributed by atoms with Crippen molar-refractivity contribution in [1.29, 1.82) is 0 Å². The van der Waals surface area contributed by atoms with Crippen LogP contribution in [-0.2, 0) is 4.79 Å². The Morgan fingerprint density at radius 2 is 2.07 bits per heavy atom. The molecule has 3 heteroatoms. The van der Waals surface area contributed by atoms with E-state index < -0.39 is 0 Å². The fourth-order valence-electron chi connectivity index (χ4n) is 1.62. The zero-order chi connectivity index (χ0) is 9.97. The number of hydrogen-bond acceptors (Lipinski definition) is 2. The molecular weight excluding hydrogens is 176 g/mol. The Labute approximate surface area is 83.5 Å². The summed E-state index contributed by atoms with van der Waals surface area (Å²) in [5.74, 6) is 0.520. The monoisotopic (exact) mass is 190 g/mol. The summed E-state index contributed by atoms with van der Waals surface area (Å²) in [7, 11) is 0. The van der Waals surface area contributed by atoms with Crippen molar-refractivity contribution in [3.05, 3.63) is 35.9 Å². The second kappa shape index (κ2) is 3.80. The third kappa shape index (κ3) is 2.12. The first-order chi connectivity index (χ1) is 6.77. The van der Waals surface area contributed by atoms with Gasteiger partial charge in [0.25, 0.3) is 0 Å². The van der Waals surface area contributed by atoms with Gasteiger partial charge in [-0.05, 0) is 12.0 Å². The van der Waals surface area contributed by atoms with E-state index in [2.05, 4.69) is 23.0 Å². The molecule has 1 aromatic carbocycles. The number of nitrogens with one attached hydrogen (secondary N) is 2. The minimum absolute atomic E-state index is 0.0382. The Bertz CT molecular complexity index is 323. The van der Waals surface area contributed by atoms with E-state index in [4.69, 9.17) is 0 Å². The third-order valence-electron chi connectivity index (χ3n) is 2.45. The van der Waals surface area contributed by atoms with Crippen molar-refractivity contribution in [3.63, 3.8) is 0 Å². The molecule has 1 saturated carbocycles. The largest absolute Gasteiger partial charge is 0.292 e. The molecule has 0 spiro atoms. The molecule has 0 unspecified atom stereocenters. The van der Waals surface area contributed by atoms with Gasteiger partial charge in [-0.1, -0.05) is 30.3 Å².